The third kappa shape index (κ3) is 3.07. The van der Waals surface area contributed by atoms with E-state index >= 15 is 0 Å². The number of hydrogen-bond acceptors (Lipinski definition) is 6. The van der Waals surface area contributed by atoms with Gasteiger partial charge in [-0.2, -0.15) is 5.10 Å². The second kappa shape index (κ2) is 6.86. The number of imide groups is 1. The maximum absolute atomic E-state index is 12.8. The first kappa shape index (κ1) is 18.0. The third-order valence-corrected chi connectivity index (χ3v) is 5.09. The molecule has 3 rings (SSSR count). The molecule has 8 nitrogen and oxygen atoms in total. The van der Waals surface area contributed by atoms with Crippen molar-refractivity contribution in [3.8, 4) is 17.2 Å². The summed E-state index contributed by atoms with van der Waals surface area (Å²) in [5, 5.41) is 17.7. The van der Waals surface area contributed by atoms with Gasteiger partial charge >= 0.3 is 6.03 Å². The minimum atomic E-state index is -0.828. The molecule has 0 unspecified atom stereocenters. The van der Waals surface area contributed by atoms with Gasteiger partial charge in [-0.15, -0.1) is 5.01 Å². The zero-order valence-corrected chi connectivity index (χ0v) is 15.1. The average molecular weight is 361 g/mol. The van der Waals surface area contributed by atoms with Gasteiger partial charge in [0.15, 0.2) is 11.5 Å². The summed E-state index contributed by atoms with van der Waals surface area (Å²) in [6.45, 7) is 2.15. The third-order valence-electron chi connectivity index (χ3n) is 5.09. The van der Waals surface area contributed by atoms with E-state index in [0.717, 1.165) is 17.9 Å². The van der Waals surface area contributed by atoms with Gasteiger partial charge in [0.2, 0.25) is 5.75 Å². The van der Waals surface area contributed by atoms with Crippen molar-refractivity contribution in [1.29, 1.82) is 0 Å². The van der Waals surface area contributed by atoms with Crippen molar-refractivity contribution in [2.24, 2.45) is 11.0 Å². The van der Waals surface area contributed by atoms with E-state index in [0.29, 0.717) is 24.3 Å². The van der Waals surface area contributed by atoms with Gasteiger partial charge in [0, 0.05) is 5.56 Å². The predicted molar refractivity (Wildman–Crippen MR) is 94.5 cm³/mol. The molecule has 1 heterocycles. The molecule has 2 N–H and O–H groups in total. The molecule has 26 heavy (non-hydrogen) atoms. The first-order chi connectivity index (χ1) is 12.4. The van der Waals surface area contributed by atoms with E-state index in [1.54, 1.807) is 0 Å². The fourth-order valence-electron chi connectivity index (χ4n) is 3.42. The molecule has 0 radical (unpaired) electrons. The number of phenols is 1. The maximum atomic E-state index is 12.8. The molecular formula is C18H23N3O5. The zero-order chi connectivity index (χ0) is 18.9. The summed E-state index contributed by atoms with van der Waals surface area (Å²) in [4.78, 5) is 25.0. The number of benzene rings is 1. The molecule has 0 bridgehead atoms. The predicted octanol–water partition coefficient (Wildman–Crippen LogP) is 2.24. The lowest BCUT2D eigenvalue weighted by atomic mass is 9.77. The molecule has 3 amide bonds. The maximum Gasteiger partial charge on any atom is 0.346 e. The van der Waals surface area contributed by atoms with Crippen LogP contribution in [0.2, 0.25) is 0 Å². The summed E-state index contributed by atoms with van der Waals surface area (Å²) < 4.78 is 10.2. The Kier molecular flexibility index (Phi) is 4.76. The van der Waals surface area contributed by atoms with E-state index in [1.807, 2.05) is 0 Å². The van der Waals surface area contributed by atoms with Crippen LogP contribution in [0.4, 0.5) is 4.79 Å². The fraction of sp³-hybridized carbons (Fsp3) is 0.500. The molecule has 1 aromatic rings. The second-order valence-corrected chi connectivity index (χ2v) is 6.83. The molecule has 2 fully saturated rings. The number of carbonyl (C=O) groups is 2. The number of aromatic hydroxyl groups is 1. The van der Waals surface area contributed by atoms with Gasteiger partial charge in [0.05, 0.1) is 20.4 Å². The monoisotopic (exact) mass is 361 g/mol. The molecule has 2 aliphatic rings. The van der Waals surface area contributed by atoms with E-state index in [-0.39, 0.29) is 23.2 Å². The van der Waals surface area contributed by atoms with Gasteiger partial charge in [-0.3, -0.25) is 4.79 Å². The molecule has 1 saturated heterocycles. The van der Waals surface area contributed by atoms with Crippen LogP contribution in [0.25, 0.3) is 0 Å². The zero-order valence-electron chi connectivity index (χ0n) is 15.1. The summed E-state index contributed by atoms with van der Waals surface area (Å²) >= 11 is 0. The number of rotatable bonds is 4. The molecule has 1 aliphatic heterocycles. The van der Waals surface area contributed by atoms with Crippen LogP contribution in [0.15, 0.2) is 17.2 Å². The molecule has 1 saturated carbocycles. The first-order valence-corrected chi connectivity index (χ1v) is 8.56. The van der Waals surface area contributed by atoms with Crippen LogP contribution in [-0.4, -0.2) is 48.0 Å². The highest BCUT2D eigenvalue weighted by Gasteiger charge is 2.52. The largest absolute Gasteiger partial charge is 0.502 e. The fourth-order valence-corrected chi connectivity index (χ4v) is 3.42. The smallest absolute Gasteiger partial charge is 0.346 e. The minimum Gasteiger partial charge on any atom is -0.502 e. The number of methoxy groups -OCH3 is 2. The van der Waals surface area contributed by atoms with Crippen LogP contribution in [0.1, 0.15) is 38.2 Å². The van der Waals surface area contributed by atoms with Crippen molar-refractivity contribution < 1.29 is 24.2 Å². The Morgan fingerprint density at radius 1 is 1.23 bits per heavy atom. The number of nitrogens with zero attached hydrogens (tertiary/aromatic N) is 2. The number of nitrogens with one attached hydrogen (secondary N) is 1. The normalized spacial score (nSPS) is 25.8. The topological polar surface area (TPSA) is 100 Å². The summed E-state index contributed by atoms with van der Waals surface area (Å²) in [6.07, 6.45) is 4.43. The Morgan fingerprint density at radius 3 is 2.35 bits per heavy atom. The number of carbonyl (C=O) groups excluding carboxylic acids is 2. The Balaban J connectivity index is 1.83. The van der Waals surface area contributed by atoms with E-state index in [4.69, 9.17) is 9.47 Å². The SMILES string of the molecule is COc1cc(/C=N/N2C(=O)NC3(CCC(C)CC3)C2=O)cc(OC)c1O. The van der Waals surface area contributed by atoms with Gasteiger partial charge in [-0.25, -0.2) is 4.79 Å². The molecular weight excluding hydrogens is 338 g/mol. The number of amides is 3. The lowest BCUT2D eigenvalue weighted by Gasteiger charge is -2.33. The number of hydrazone groups is 1. The summed E-state index contributed by atoms with van der Waals surface area (Å²) in [7, 11) is 2.83. The molecule has 0 atom stereocenters. The van der Waals surface area contributed by atoms with Crippen LogP contribution in [-0.2, 0) is 4.79 Å². The standard InChI is InChI=1S/C18H23N3O5/c1-11-4-6-18(7-5-11)16(23)21(17(24)20-18)19-10-12-8-13(25-2)15(22)14(9-12)26-3/h8-11,22H,4-7H2,1-3H3,(H,20,24)/b19-10+. The van der Waals surface area contributed by atoms with Crippen LogP contribution in [0.3, 0.4) is 0 Å². The highest BCUT2D eigenvalue weighted by Crippen LogP contribution is 2.38. The lowest BCUT2D eigenvalue weighted by Crippen LogP contribution is -2.49. The highest BCUT2D eigenvalue weighted by atomic mass is 16.5. The summed E-state index contributed by atoms with van der Waals surface area (Å²) in [5.41, 5.74) is -0.305. The Morgan fingerprint density at radius 2 is 1.81 bits per heavy atom. The van der Waals surface area contributed by atoms with E-state index in [1.165, 1.54) is 32.6 Å². The van der Waals surface area contributed by atoms with E-state index in [9.17, 15) is 14.7 Å². The Labute approximate surface area is 151 Å². The van der Waals surface area contributed by atoms with Gasteiger partial charge in [-0.05, 0) is 43.7 Å². The minimum absolute atomic E-state index is 0.127. The van der Waals surface area contributed by atoms with Crippen LogP contribution in [0, 0.1) is 5.92 Å². The first-order valence-electron chi connectivity index (χ1n) is 8.56. The molecule has 0 aromatic heterocycles. The van der Waals surface area contributed by atoms with Crippen molar-refractivity contribution in [3.63, 3.8) is 0 Å². The number of phenolic OH excluding ortho intramolecular Hbond substituents is 1. The summed E-state index contributed by atoms with van der Waals surface area (Å²) in [5.74, 6) is 0.530. The van der Waals surface area contributed by atoms with Crippen molar-refractivity contribution in [1.82, 2.24) is 10.3 Å². The lowest BCUT2D eigenvalue weighted by molar-refractivity contribution is -0.132. The van der Waals surface area contributed by atoms with E-state index < -0.39 is 11.6 Å². The van der Waals surface area contributed by atoms with Gasteiger partial charge in [-0.1, -0.05) is 6.92 Å². The molecule has 8 heteroatoms. The van der Waals surface area contributed by atoms with Gasteiger partial charge in [0.1, 0.15) is 5.54 Å². The van der Waals surface area contributed by atoms with Crippen molar-refractivity contribution in [2.75, 3.05) is 14.2 Å². The Hall–Kier alpha value is -2.77. The van der Waals surface area contributed by atoms with Crippen LogP contribution >= 0.6 is 0 Å². The molecule has 1 aliphatic carbocycles. The van der Waals surface area contributed by atoms with Crippen molar-refractivity contribution >= 4 is 18.2 Å². The molecule has 140 valence electrons. The van der Waals surface area contributed by atoms with Crippen LogP contribution in [0.5, 0.6) is 17.2 Å². The van der Waals surface area contributed by atoms with Crippen molar-refractivity contribution in [3.05, 3.63) is 17.7 Å². The second-order valence-electron chi connectivity index (χ2n) is 6.83. The number of hydrogen-bond donors (Lipinski definition) is 2. The van der Waals surface area contributed by atoms with Crippen molar-refractivity contribution in [2.45, 2.75) is 38.1 Å². The number of urea groups is 1. The number of ether oxygens (including phenoxy) is 2. The summed E-state index contributed by atoms with van der Waals surface area (Å²) in [6, 6.07) is 2.56. The Bertz CT molecular complexity index is 728. The average Bonchev–Trinajstić information content (AvgIpc) is 2.86. The van der Waals surface area contributed by atoms with Gasteiger partial charge in [0.25, 0.3) is 5.91 Å². The highest BCUT2D eigenvalue weighted by molar-refractivity contribution is 6.07. The quantitative estimate of drug-likeness (QED) is 0.633. The molecule has 1 aromatic carbocycles. The van der Waals surface area contributed by atoms with Gasteiger partial charge < -0.3 is 19.9 Å². The van der Waals surface area contributed by atoms with Crippen LogP contribution < -0.4 is 14.8 Å². The van der Waals surface area contributed by atoms with E-state index in [2.05, 4.69) is 17.3 Å². The molecule has 1 spiro atoms.